The van der Waals surface area contributed by atoms with Crippen LogP contribution in [-0.2, 0) is 16.0 Å². The van der Waals surface area contributed by atoms with Gasteiger partial charge in [-0.25, -0.2) is 0 Å². The van der Waals surface area contributed by atoms with Crippen LogP contribution in [0.5, 0.6) is 0 Å². The molecule has 0 aliphatic rings. The lowest BCUT2D eigenvalue weighted by atomic mass is 10.1. The lowest BCUT2D eigenvalue weighted by molar-refractivity contribution is -0.121. The molecule has 5 heteroatoms. The molecule has 0 bridgehead atoms. The lowest BCUT2D eigenvalue weighted by Crippen LogP contribution is -2.37. The van der Waals surface area contributed by atoms with Crippen LogP contribution in [0.4, 0.5) is 5.69 Å². The summed E-state index contributed by atoms with van der Waals surface area (Å²) in [4.78, 5) is 11.8. The van der Waals surface area contributed by atoms with Crippen molar-refractivity contribution < 1.29 is 14.6 Å². The third-order valence-corrected chi connectivity index (χ3v) is 3.23. The molecule has 2 atom stereocenters. The molecule has 0 heterocycles. The predicted octanol–water partition coefficient (Wildman–Crippen LogP) is 1.56. The van der Waals surface area contributed by atoms with Crippen molar-refractivity contribution in [3.05, 3.63) is 29.8 Å². The van der Waals surface area contributed by atoms with Gasteiger partial charge in [0.25, 0.3) is 0 Å². The molecule has 2 unspecified atom stereocenters. The molecule has 118 valence electrons. The summed E-state index contributed by atoms with van der Waals surface area (Å²) in [5, 5.41) is 15.2. The van der Waals surface area contributed by atoms with E-state index in [4.69, 9.17) is 9.84 Å². The van der Waals surface area contributed by atoms with Crippen molar-refractivity contribution in [3.63, 3.8) is 0 Å². The van der Waals surface area contributed by atoms with Gasteiger partial charge in [0.05, 0.1) is 25.7 Å². The fraction of sp³-hybridized carbons (Fsp3) is 0.562. The van der Waals surface area contributed by atoms with Crippen LogP contribution in [-0.4, -0.2) is 43.4 Å². The van der Waals surface area contributed by atoms with E-state index in [0.717, 1.165) is 17.7 Å². The topological polar surface area (TPSA) is 70.6 Å². The van der Waals surface area contributed by atoms with Gasteiger partial charge < -0.3 is 20.5 Å². The van der Waals surface area contributed by atoms with Crippen molar-refractivity contribution in [1.82, 2.24) is 5.32 Å². The minimum atomic E-state index is -0.159. The first-order valence-electron chi connectivity index (χ1n) is 7.33. The number of carbonyl (C=O) groups excluding carboxylic acids is 1. The summed E-state index contributed by atoms with van der Waals surface area (Å²) >= 11 is 0. The van der Waals surface area contributed by atoms with E-state index in [2.05, 4.69) is 10.6 Å². The second kappa shape index (κ2) is 9.37. The van der Waals surface area contributed by atoms with Gasteiger partial charge in [-0.05, 0) is 31.0 Å². The molecule has 0 aliphatic heterocycles. The summed E-state index contributed by atoms with van der Waals surface area (Å²) < 4.78 is 5.07. The van der Waals surface area contributed by atoms with Crippen molar-refractivity contribution in [2.75, 3.05) is 25.6 Å². The molecule has 0 aliphatic carbocycles. The molecule has 0 fully saturated rings. The minimum absolute atomic E-state index is 0.0253. The summed E-state index contributed by atoms with van der Waals surface area (Å²) in [6.45, 7) is 4.60. The lowest BCUT2D eigenvalue weighted by Gasteiger charge is -2.15. The zero-order valence-electron chi connectivity index (χ0n) is 13.1. The Balaban J connectivity index is 2.48. The molecule has 0 spiro atoms. The Labute approximate surface area is 126 Å². The normalized spacial score (nSPS) is 13.5. The number of anilines is 1. The molecule has 5 nitrogen and oxygen atoms in total. The highest BCUT2D eigenvalue weighted by Gasteiger charge is 2.09. The molecule has 0 radical (unpaired) electrons. The van der Waals surface area contributed by atoms with Gasteiger partial charge in [-0.3, -0.25) is 4.79 Å². The minimum Gasteiger partial charge on any atom is -0.394 e. The molecule has 0 saturated heterocycles. The SMILES string of the molecule is CCC(CO)NC(=O)Cc1ccc(NC(C)COC)cc1. The van der Waals surface area contributed by atoms with Crippen molar-refractivity contribution in [2.45, 2.75) is 38.8 Å². The monoisotopic (exact) mass is 294 g/mol. The first-order chi connectivity index (χ1) is 10.1. The van der Waals surface area contributed by atoms with Gasteiger partial charge in [0.2, 0.25) is 5.91 Å². The molecule has 1 aromatic rings. The van der Waals surface area contributed by atoms with E-state index in [1.165, 1.54) is 0 Å². The van der Waals surface area contributed by atoms with Crippen LogP contribution in [0.25, 0.3) is 0 Å². The highest BCUT2D eigenvalue weighted by atomic mass is 16.5. The second-order valence-corrected chi connectivity index (χ2v) is 5.23. The number of hydrogen-bond donors (Lipinski definition) is 3. The number of hydrogen-bond acceptors (Lipinski definition) is 4. The maximum absolute atomic E-state index is 11.8. The second-order valence-electron chi connectivity index (χ2n) is 5.23. The number of methoxy groups -OCH3 is 1. The number of carbonyl (C=O) groups is 1. The van der Waals surface area contributed by atoms with Gasteiger partial charge in [-0.15, -0.1) is 0 Å². The molecule has 0 saturated carbocycles. The Morgan fingerprint density at radius 1 is 1.33 bits per heavy atom. The van der Waals surface area contributed by atoms with Crippen molar-refractivity contribution in [3.8, 4) is 0 Å². The number of nitrogens with one attached hydrogen (secondary N) is 2. The van der Waals surface area contributed by atoms with E-state index in [1.54, 1.807) is 7.11 Å². The van der Waals surface area contributed by atoms with Crippen LogP contribution < -0.4 is 10.6 Å². The third-order valence-electron chi connectivity index (χ3n) is 3.23. The summed E-state index contributed by atoms with van der Waals surface area (Å²) in [5.41, 5.74) is 1.95. The van der Waals surface area contributed by atoms with Crippen LogP contribution in [0.2, 0.25) is 0 Å². The molecular weight excluding hydrogens is 268 g/mol. The first-order valence-corrected chi connectivity index (χ1v) is 7.33. The molecular formula is C16H26N2O3. The van der Waals surface area contributed by atoms with Gasteiger partial charge in [0.15, 0.2) is 0 Å². The number of amides is 1. The van der Waals surface area contributed by atoms with Crippen LogP contribution in [0, 0.1) is 0 Å². The zero-order valence-corrected chi connectivity index (χ0v) is 13.1. The van der Waals surface area contributed by atoms with Crippen LogP contribution >= 0.6 is 0 Å². The summed E-state index contributed by atoms with van der Waals surface area (Å²) in [5.74, 6) is -0.0654. The van der Waals surface area contributed by atoms with Crippen LogP contribution in [0.1, 0.15) is 25.8 Å². The average Bonchev–Trinajstić information content (AvgIpc) is 2.47. The number of benzene rings is 1. The zero-order chi connectivity index (χ0) is 15.7. The Kier molecular flexibility index (Phi) is 7.79. The number of aliphatic hydroxyl groups excluding tert-OH is 1. The summed E-state index contributed by atoms with van der Waals surface area (Å²) in [7, 11) is 1.68. The van der Waals surface area contributed by atoms with Crippen LogP contribution in [0.3, 0.4) is 0 Å². The fourth-order valence-corrected chi connectivity index (χ4v) is 2.04. The maximum Gasteiger partial charge on any atom is 0.224 e. The molecule has 21 heavy (non-hydrogen) atoms. The van der Waals surface area contributed by atoms with E-state index >= 15 is 0 Å². The number of ether oxygens (including phenoxy) is 1. The van der Waals surface area contributed by atoms with E-state index in [-0.39, 0.29) is 24.6 Å². The maximum atomic E-state index is 11.8. The standard InChI is InChI=1S/C16H26N2O3/c1-4-14(10-19)18-16(20)9-13-5-7-15(8-6-13)17-12(2)11-21-3/h5-8,12,14,17,19H,4,9-11H2,1-3H3,(H,18,20). The number of aliphatic hydroxyl groups is 1. The highest BCUT2D eigenvalue weighted by molar-refractivity contribution is 5.79. The molecule has 1 aromatic carbocycles. The Hall–Kier alpha value is -1.59. The van der Waals surface area contributed by atoms with Gasteiger partial charge >= 0.3 is 0 Å². The van der Waals surface area contributed by atoms with Gasteiger partial charge in [-0.2, -0.15) is 0 Å². The number of rotatable bonds is 9. The van der Waals surface area contributed by atoms with E-state index in [9.17, 15) is 4.79 Å². The fourth-order valence-electron chi connectivity index (χ4n) is 2.04. The average molecular weight is 294 g/mol. The van der Waals surface area contributed by atoms with E-state index in [0.29, 0.717) is 13.0 Å². The quantitative estimate of drug-likeness (QED) is 0.646. The van der Waals surface area contributed by atoms with Crippen molar-refractivity contribution in [2.24, 2.45) is 0 Å². The molecule has 1 rings (SSSR count). The Morgan fingerprint density at radius 3 is 2.52 bits per heavy atom. The largest absolute Gasteiger partial charge is 0.394 e. The Morgan fingerprint density at radius 2 is 2.00 bits per heavy atom. The van der Waals surface area contributed by atoms with E-state index in [1.807, 2.05) is 38.1 Å². The first kappa shape index (κ1) is 17.5. The summed E-state index contributed by atoms with van der Waals surface area (Å²) in [6, 6.07) is 7.85. The van der Waals surface area contributed by atoms with Crippen molar-refractivity contribution >= 4 is 11.6 Å². The molecule has 3 N–H and O–H groups in total. The van der Waals surface area contributed by atoms with Crippen LogP contribution in [0.15, 0.2) is 24.3 Å². The Bertz CT molecular complexity index is 416. The smallest absolute Gasteiger partial charge is 0.224 e. The van der Waals surface area contributed by atoms with Crippen molar-refractivity contribution in [1.29, 1.82) is 0 Å². The van der Waals surface area contributed by atoms with E-state index < -0.39 is 0 Å². The van der Waals surface area contributed by atoms with Gasteiger partial charge in [0.1, 0.15) is 0 Å². The molecule has 0 aromatic heterocycles. The van der Waals surface area contributed by atoms with Gasteiger partial charge in [0, 0.05) is 18.8 Å². The summed E-state index contributed by atoms with van der Waals surface area (Å²) in [6.07, 6.45) is 1.05. The predicted molar refractivity (Wildman–Crippen MR) is 84.4 cm³/mol. The van der Waals surface area contributed by atoms with Gasteiger partial charge in [-0.1, -0.05) is 19.1 Å². The molecule has 1 amide bonds. The highest BCUT2D eigenvalue weighted by Crippen LogP contribution is 2.11. The third kappa shape index (κ3) is 6.60.